The van der Waals surface area contributed by atoms with Gasteiger partial charge in [0.15, 0.2) is 0 Å². The van der Waals surface area contributed by atoms with Gasteiger partial charge in [-0.15, -0.1) is 0 Å². The van der Waals surface area contributed by atoms with E-state index in [9.17, 15) is 4.39 Å². The van der Waals surface area contributed by atoms with Crippen LogP contribution in [0.15, 0.2) is 46.9 Å². The minimum absolute atomic E-state index is 0.0318. The van der Waals surface area contributed by atoms with Crippen LogP contribution < -0.4 is 5.32 Å². The van der Waals surface area contributed by atoms with Crippen molar-refractivity contribution in [3.05, 3.63) is 67.5 Å². The molecule has 2 rings (SSSR count). The summed E-state index contributed by atoms with van der Waals surface area (Å²) in [5.74, 6) is -0.171. The van der Waals surface area contributed by atoms with Gasteiger partial charge in [0.25, 0.3) is 0 Å². The van der Waals surface area contributed by atoms with Crippen LogP contribution in [0.2, 0.25) is 0 Å². The van der Waals surface area contributed by atoms with E-state index in [1.165, 1.54) is 15.2 Å². The van der Waals surface area contributed by atoms with Crippen LogP contribution >= 0.6 is 38.5 Å². The molecule has 106 valence electrons. The minimum atomic E-state index is -0.171. The number of likely N-dealkylation sites (N-methyl/N-ethyl adjacent to an activating group) is 1. The lowest BCUT2D eigenvalue weighted by Gasteiger charge is -2.20. The predicted octanol–water partition coefficient (Wildman–Crippen LogP) is 5.09. The third-order valence-electron chi connectivity index (χ3n) is 3.15. The molecular formula is C16H16BrFIN. The fraction of sp³-hybridized carbons (Fsp3) is 0.250. The molecule has 0 aliphatic carbocycles. The van der Waals surface area contributed by atoms with Crippen molar-refractivity contribution in [1.82, 2.24) is 5.32 Å². The standard InChI is InChI=1S/C16H16BrFIN/c1-2-20-15(10-11-6-8-12(19)9-7-11)16-13(17)4-3-5-14(16)18/h3-9,15,20H,2,10H2,1H3. The highest BCUT2D eigenvalue weighted by Gasteiger charge is 2.18. The molecule has 1 atom stereocenters. The Bertz CT molecular complexity index is 551. The van der Waals surface area contributed by atoms with Crippen molar-refractivity contribution in [3.63, 3.8) is 0 Å². The van der Waals surface area contributed by atoms with Crippen LogP contribution in [0.1, 0.15) is 24.1 Å². The normalized spacial score (nSPS) is 12.4. The molecule has 0 radical (unpaired) electrons. The molecule has 1 nitrogen and oxygen atoms in total. The highest BCUT2D eigenvalue weighted by molar-refractivity contribution is 14.1. The van der Waals surface area contributed by atoms with Crippen molar-refractivity contribution in [2.24, 2.45) is 0 Å². The number of benzene rings is 2. The zero-order chi connectivity index (χ0) is 14.5. The Morgan fingerprint density at radius 3 is 2.50 bits per heavy atom. The van der Waals surface area contributed by atoms with E-state index in [0.29, 0.717) is 5.56 Å². The van der Waals surface area contributed by atoms with E-state index in [-0.39, 0.29) is 11.9 Å². The lowest BCUT2D eigenvalue weighted by molar-refractivity contribution is 0.507. The molecule has 20 heavy (non-hydrogen) atoms. The van der Waals surface area contributed by atoms with Gasteiger partial charge < -0.3 is 5.32 Å². The van der Waals surface area contributed by atoms with Crippen LogP contribution in [0, 0.1) is 9.39 Å². The van der Waals surface area contributed by atoms with Crippen molar-refractivity contribution in [2.75, 3.05) is 6.54 Å². The highest BCUT2D eigenvalue weighted by atomic mass is 127. The molecule has 0 aromatic heterocycles. The zero-order valence-corrected chi connectivity index (χ0v) is 14.9. The summed E-state index contributed by atoms with van der Waals surface area (Å²) in [6.07, 6.45) is 0.768. The molecule has 0 amide bonds. The van der Waals surface area contributed by atoms with Gasteiger partial charge in [-0.3, -0.25) is 0 Å². The SMILES string of the molecule is CCNC(Cc1ccc(I)cc1)c1c(F)cccc1Br. The van der Waals surface area contributed by atoms with Crippen molar-refractivity contribution < 1.29 is 4.39 Å². The van der Waals surface area contributed by atoms with E-state index >= 15 is 0 Å². The topological polar surface area (TPSA) is 12.0 Å². The molecule has 0 spiro atoms. The molecule has 4 heteroatoms. The van der Waals surface area contributed by atoms with Gasteiger partial charge in [-0.2, -0.15) is 0 Å². The number of halogens is 3. The summed E-state index contributed by atoms with van der Waals surface area (Å²) in [7, 11) is 0. The molecule has 0 aliphatic rings. The Hall–Kier alpha value is -0.460. The monoisotopic (exact) mass is 447 g/mol. The predicted molar refractivity (Wildman–Crippen MR) is 93.4 cm³/mol. The highest BCUT2D eigenvalue weighted by Crippen LogP contribution is 2.28. The third-order valence-corrected chi connectivity index (χ3v) is 4.56. The van der Waals surface area contributed by atoms with Gasteiger partial charge in [0.2, 0.25) is 0 Å². The number of rotatable bonds is 5. The first-order chi connectivity index (χ1) is 9.61. The Morgan fingerprint density at radius 2 is 1.90 bits per heavy atom. The second kappa shape index (κ2) is 7.52. The first-order valence-electron chi connectivity index (χ1n) is 6.53. The van der Waals surface area contributed by atoms with Crippen LogP contribution in [0.3, 0.4) is 0 Å². The maximum absolute atomic E-state index is 14.1. The van der Waals surface area contributed by atoms with Crippen molar-refractivity contribution in [3.8, 4) is 0 Å². The van der Waals surface area contributed by atoms with E-state index in [4.69, 9.17) is 0 Å². The summed E-state index contributed by atoms with van der Waals surface area (Å²) < 4.78 is 16.1. The largest absolute Gasteiger partial charge is 0.310 e. The van der Waals surface area contributed by atoms with Crippen LogP contribution in [0.5, 0.6) is 0 Å². The second-order valence-corrected chi connectivity index (χ2v) is 6.68. The Morgan fingerprint density at radius 1 is 1.20 bits per heavy atom. The quantitative estimate of drug-likeness (QED) is 0.629. The lowest BCUT2D eigenvalue weighted by atomic mass is 9.98. The molecule has 2 aromatic rings. The molecule has 0 bridgehead atoms. The zero-order valence-electron chi connectivity index (χ0n) is 11.2. The van der Waals surface area contributed by atoms with Crippen LogP contribution in [0.4, 0.5) is 4.39 Å². The average molecular weight is 448 g/mol. The molecule has 0 aliphatic heterocycles. The lowest BCUT2D eigenvalue weighted by Crippen LogP contribution is -2.24. The summed E-state index contributed by atoms with van der Waals surface area (Å²) in [6.45, 7) is 2.84. The fourth-order valence-corrected chi connectivity index (χ4v) is 3.20. The average Bonchev–Trinajstić information content (AvgIpc) is 2.41. The van der Waals surface area contributed by atoms with Crippen LogP contribution in [0.25, 0.3) is 0 Å². The van der Waals surface area contributed by atoms with Crippen LogP contribution in [-0.4, -0.2) is 6.54 Å². The Balaban J connectivity index is 2.29. The molecule has 1 N–H and O–H groups in total. The van der Waals surface area contributed by atoms with Crippen LogP contribution in [-0.2, 0) is 6.42 Å². The molecule has 0 heterocycles. The van der Waals surface area contributed by atoms with Crippen molar-refractivity contribution in [2.45, 2.75) is 19.4 Å². The van der Waals surface area contributed by atoms with E-state index in [1.807, 2.05) is 13.0 Å². The molecule has 1 unspecified atom stereocenters. The van der Waals surface area contributed by atoms with E-state index in [1.54, 1.807) is 6.07 Å². The van der Waals surface area contributed by atoms with Gasteiger partial charge in [0.05, 0.1) is 0 Å². The molecular weight excluding hydrogens is 432 g/mol. The van der Waals surface area contributed by atoms with Gasteiger partial charge in [0, 0.05) is 19.6 Å². The third kappa shape index (κ3) is 4.02. The van der Waals surface area contributed by atoms with Crippen molar-refractivity contribution >= 4 is 38.5 Å². The van der Waals surface area contributed by atoms with Gasteiger partial charge in [-0.25, -0.2) is 4.39 Å². The first kappa shape index (κ1) is 15.9. The molecule has 0 fully saturated rings. The van der Waals surface area contributed by atoms with Gasteiger partial charge in [0.1, 0.15) is 5.82 Å². The fourth-order valence-electron chi connectivity index (χ4n) is 2.22. The maximum atomic E-state index is 14.1. The van der Waals surface area contributed by atoms with E-state index < -0.39 is 0 Å². The first-order valence-corrected chi connectivity index (χ1v) is 8.40. The summed E-state index contributed by atoms with van der Waals surface area (Å²) in [6, 6.07) is 13.4. The minimum Gasteiger partial charge on any atom is -0.310 e. The van der Waals surface area contributed by atoms with Gasteiger partial charge in [-0.1, -0.05) is 41.1 Å². The van der Waals surface area contributed by atoms with Gasteiger partial charge in [-0.05, 0) is 65.4 Å². The summed E-state index contributed by atoms with van der Waals surface area (Å²) in [5, 5.41) is 3.37. The number of hydrogen-bond acceptors (Lipinski definition) is 1. The molecule has 0 saturated carbocycles. The molecule has 0 saturated heterocycles. The second-order valence-electron chi connectivity index (χ2n) is 4.58. The van der Waals surface area contributed by atoms with Gasteiger partial charge >= 0.3 is 0 Å². The Labute approximate surface area is 141 Å². The van der Waals surface area contributed by atoms with E-state index in [2.05, 4.69) is 68.1 Å². The summed E-state index contributed by atoms with van der Waals surface area (Å²) in [5.41, 5.74) is 1.90. The Kier molecular flexibility index (Phi) is 5.99. The number of hydrogen-bond donors (Lipinski definition) is 1. The number of nitrogens with one attached hydrogen (secondary N) is 1. The van der Waals surface area contributed by atoms with E-state index in [0.717, 1.165) is 17.4 Å². The summed E-state index contributed by atoms with van der Waals surface area (Å²) in [4.78, 5) is 0. The smallest absolute Gasteiger partial charge is 0.129 e. The summed E-state index contributed by atoms with van der Waals surface area (Å²) >= 11 is 5.75. The van der Waals surface area contributed by atoms with Crippen molar-refractivity contribution in [1.29, 1.82) is 0 Å². The maximum Gasteiger partial charge on any atom is 0.129 e. The molecule has 2 aromatic carbocycles.